The van der Waals surface area contributed by atoms with E-state index in [0.717, 1.165) is 18.7 Å². The van der Waals surface area contributed by atoms with Crippen LogP contribution in [-0.2, 0) is 11.3 Å². The van der Waals surface area contributed by atoms with E-state index in [0.29, 0.717) is 34.0 Å². The molecule has 8 nitrogen and oxygen atoms in total. The van der Waals surface area contributed by atoms with Crippen LogP contribution in [0.4, 0.5) is 5.13 Å². The Labute approximate surface area is 193 Å². The molecular weight excluding hydrogens is 456 g/mol. The van der Waals surface area contributed by atoms with Crippen molar-refractivity contribution >= 4 is 51.6 Å². The van der Waals surface area contributed by atoms with E-state index in [9.17, 15) is 9.59 Å². The highest BCUT2D eigenvalue weighted by molar-refractivity contribution is 7.99. The number of benzene rings is 1. The number of carbonyl (C=O) groups is 2. The zero-order chi connectivity index (χ0) is 21.8. The molecule has 1 N–H and O–H groups in total. The van der Waals surface area contributed by atoms with Crippen molar-refractivity contribution in [1.29, 1.82) is 0 Å². The van der Waals surface area contributed by atoms with Crippen molar-refractivity contribution in [1.82, 2.24) is 24.6 Å². The molecule has 1 saturated heterocycles. The fourth-order valence-electron chi connectivity index (χ4n) is 3.59. The molecule has 0 spiro atoms. The fraction of sp³-hybridized carbons (Fsp3) is 0.350. The average Bonchev–Trinajstić information content (AvgIpc) is 3.52. The smallest absolute Gasteiger partial charge is 0.255 e. The van der Waals surface area contributed by atoms with Gasteiger partial charge >= 0.3 is 0 Å². The Bertz CT molecular complexity index is 1070. The highest BCUT2D eigenvalue weighted by Gasteiger charge is 2.35. The molecule has 1 aliphatic rings. The maximum atomic E-state index is 13.1. The van der Waals surface area contributed by atoms with Gasteiger partial charge in [-0.25, -0.2) is 4.98 Å². The Kier molecular flexibility index (Phi) is 6.89. The predicted molar refractivity (Wildman–Crippen MR) is 122 cm³/mol. The van der Waals surface area contributed by atoms with Crippen molar-refractivity contribution in [2.24, 2.45) is 0 Å². The molecular formula is C20H21ClN6O2S2. The van der Waals surface area contributed by atoms with E-state index >= 15 is 0 Å². The second-order valence-electron chi connectivity index (χ2n) is 6.90. The Morgan fingerprint density at radius 1 is 1.32 bits per heavy atom. The largest absolute Gasteiger partial charge is 0.328 e. The number of carbonyl (C=O) groups excluding carboxylic acids is 2. The number of amides is 2. The zero-order valence-electron chi connectivity index (χ0n) is 16.8. The molecule has 1 aliphatic heterocycles. The number of hydrogen-bond acceptors (Lipinski definition) is 7. The number of aromatic nitrogens is 4. The monoisotopic (exact) mass is 476 g/mol. The maximum Gasteiger partial charge on any atom is 0.255 e. The molecule has 4 rings (SSSR count). The van der Waals surface area contributed by atoms with Crippen LogP contribution < -0.4 is 5.32 Å². The first-order chi connectivity index (χ1) is 15.1. The van der Waals surface area contributed by atoms with Gasteiger partial charge in [-0.05, 0) is 31.9 Å². The van der Waals surface area contributed by atoms with Crippen LogP contribution in [0.1, 0.15) is 42.0 Å². The number of nitrogens with zero attached hydrogens (tertiary/aromatic N) is 5. The van der Waals surface area contributed by atoms with E-state index in [1.54, 1.807) is 23.7 Å². The summed E-state index contributed by atoms with van der Waals surface area (Å²) in [4.78, 5) is 31.2. The highest BCUT2D eigenvalue weighted by Crippen LogP contribution is 2.34. The first kappa shape index (κ1) is 21.8. The lowest BCUT2D eigenvalue weighted by Crippen LogP contribution is -2.32. The van der Waals surface area contributed by atoms with E-state index < -0.39 is 0 Å². The quantitative estimate of drug-likeness (QED) is 0.515. The highest BCUT2D eigenvalue weighted by atomic mass is 35.5. The third-order valence-corrected chi connectivity index (χ3v) is 6.97. The lowest BCUT2D eigenvalue weighted by Gasteiger charge is -2.25. The number of hydrogen-bond donors (Lipinski definition) is 1. The number of thiazole rings is 1. The van der Waals surface area contributed by atoms with Crippen molar-refractivity contribution in [3.05, 3.63) is 52.3 Å². The standard InChI is InChI=1S/C20H21ClN6O2S2/c1-2-26-17(24-25-20(26)31-12-16(28)23-19-22-9-11-30-19)15-8-5-10-27(15)18(29)13-6-3-4-7-14(13)21/h3-4,6-7,9,11,15H,2,5,8,10,12H2,1H3,(H,22,23,28). The lowest BCUT2D eigenvalue weighted by molar-refractivity contribution is -0.113. The van der Waals surface area contributed by atoms with Crippen molar-refractivity contribution in [3.8, 4) is 0 Å². The van der Waals surface area contributed by atoms with Crippen LogP contribution >= 0.6 is 34.7 Å². The summed E-state index contributed by atoms with van der Waals surface area (Å²) in [5, 5.41) is 14.9. The van der Waals surface area contributed by atoms with Crippen molar-refractivity contribution < 1.29 is 9.59 Å². The Morgan fingerprint density at radius 3 is 2.90 bits per heavy atom. The van der Waals surface area contributed by atoms with Crippen LogP contribution in [0.25, 0.3) is 0 Å². The molecule has 1 aromatic carbocycles. The summed E-state index contributed by atoms with van der Waals surface area (Å²) < 4.78 is 1.98. The first-order valence-corrected chi connectivity index (χ1v) is 12.1. The molecule has 3 aromatic rings. The van der Waals surface area contributed by atoms with Crippen LogP contribution in [0.3, 0.4) is 0 Å². The summed E-state index contributed by atoms with van der Waals surface area (Å²) >= 11 is 8.94. The number of halogens is 1. The molecule has 2 aromatic heterocycles. The third kappa shape index (κ3) is 4.76. The summed E-state index contributed by atoms with van der Waals surface area (Å²) in [6, 6.07) is 6.91. The molecule has 1 atom stereocenters. The number of rotatable bonds is 7. The van der Waals surface area contributed by atoms with Crippen LogP contribution in [0.2, 0.25) is 5.02 Å². The minimum atomic E-state index is -0.172. The summed E-state index contributed by atoms with van der Waals surface area (Å²) in [7, 11) is 0. The molecule has 0 aliphatic carbocycles. The van der Waals surface area contributed by atoms with Crippen LogP contribution in [0, 0.1) is 0 Å². The van der Waals surface area contributed by atoms with Gasteiger partial charge in [0.25, 0.3) is 5.91 Å². The second kappa shape index (κ2) is 9.80. The van der Waals surface area contributed by atoms with Gasteiger partial charge in [-0.15, -0.1) is 21.5 Å². The normalized spacial score (nSPS) is 15.9. The van der Waals surface area contributed by atoms with Gasteiger partial charge in [0.15, 0.2) is 16.1 Å². The minimum Gasteiger partial charge on any atom is -0.328 e. The molecule has 0 bridgehead atoms. The maximum absolute atomic E-state index is 13.1. The molecule has 0 saturated carbocycles. The van der Waals surface area contributed by atoms with Crippen molar-refractivity contribution in [3.63, 3.8) is 0 Å². The van der Waals surface area contributed by atoms with Gasteiger partial charge in [-0.1, -0.05) is 35.5 Å². The summed E-state index contributed by atoms with van der Waals surface area (Å²) in [5.74, 6) is 0.688. The minimum absolute atomic E-state index is 0.101. The molecule has 162 valence electrons. The fourth-order valence-corrected chi connectivity index (χ4v) is 5.16. The van der Waals surface area contributed by atoms with Crippen LogP contribution in [0.15, 0.2) is 41.0 Å². The van der Waals surface area contributed by atoms with E-state index in [1.807, 2.05) is 28.5 Å². The van der Waals surface area contributed by atoms with E-state index in [2.05, 4.69) is 20.5 Å². The Hall–Kier alpha value is -2.43. The molecule has 2 amide bonds. The van der Waals surface area contributed by atoms with Gasteiger partial charge in [-0.3, -0.25) is 9.59 Å². The SMILES string of the molecule is CCn1c(SCC(=O)Nc2nccs2)nnc1C1CCCN1C(=O)c1ccccc1Cl. The number of nitrogens with one attached hydrogen (secondary N) is 1. The van der Waals surface area contributed by atoms with Gasteiger partial charge in [0.1, 0.15) is 0 Å². The molecule has 0 radical (unpaired) electrons. The number of thioether (sulfide) groups is 1. The molecule has 11 heteroatoms. The van der Waals surface area contributed by atoms with E-state index in [1.165, 1.54) is 23.1 Å². The first-order valence-electron chi connectivity index (χ1n) is 9.89. The van der Waals surface area contributed by atoms with Gasteiger partial charge in [0.05, 0.1) is 22.4 Å². The zero-order valence-corrected chi connectivity index (χ0v) is 19.2. The second-order valence-corrected chi connectivity index (χ2v) is 9.14. The van der Waals surface area contributed by atoms with E-state index in [4.69, 9.17) is 11.6 Å². The van der Waals surface area contributed by atoms with E-state index in [-0.39, 0.29) is 23.6 Å². The van der Waals surface area contributed by atoms with Gasteiger partial charge in [-0.2, -0.15) is 0 Å². The molecule has 3 heterocycles. The van der Waals surface area contributed by atoms with Gasteiger partial charge in [0.2, 0.25) is 5.91 Å². The molecule has 1 unspecified atom stereocenters. The van der Waals surface area contributed by atoms with Gasteiger partial charge in [0, 0.05) is 24.7 Å². The summed E-state index contributed by atoms with van der Waals surface area (Å²) in [6.45, 7) is 3.29. The van der Waals surface area contributed by atoms with Gasteiger partial charge < -0.3 is 14.8 Å². The number of likely N-dealkylation sites (tertiary alicyclic amines) is 1. The van der Waals surface area contributed by atoms with Crippen molar-refractivity contribution in [2.45, 2.75) is 37.5 Å². The predicted octanol–water partition coefficient (Wildman–Crippen LogP) is 4.12. The molecule has 31 heavy (non-hydrogen) atoms. The number of anilines is 1. The Morgan fingerprint density at radius 2 is 2.16 bits per heavy atom. The van der Waals surface area contributed by atoms with Crippen LogP contribution in [-0.4, -0.2) is 48.8 Å². The van der Waals surface area contributed by atoms with Crippen LogP contribution in [0.5, 0.6) is 0 Å². The summed E-state index contributed by atoms with van der Waals surface area (Å²) in [6.07, 6.45) is 3.34. The third-order valence-electron chi connectivity index (χ3n) is 4.99. The Balaban J connectivity index is 1.49. The topological polar surface area (TPSA) is 93.0 Å². The average molecular weight is 477 g/mol. The van der Waals surface area contributed by atoms with Crippen molar-refractivity contribution in [2.75, 3.05) is 17.6 Å². The lowest BCUT2D eigenvalue weighted by atomic mass is 10.1. The molecule has 1 fully saturated rings. The summed E-state index contributed by atoms with van der Waals surface area (Å²) in [5.41, 5.74) is 0.493.